The Balaban J connectivity index is 0.00000363. The molecule has 32 heavy (non-hydrogen) atoms. The fourth-order valence-electron chi connectivity index (χ4n) is 3.97. The van der Waals surface area contributed by atoms with E-state index in [0.717, 1.165) is 48.8 Å². The van der Waals surface area contributed by atoms with Gasteiger partial charge in [-0.2, -0.15) is 13.2 Å². The molecule has 0 aliphatic carbocycles. The smallest absolute Gasteiger partial charge is 0.356 e. The van der Waals surface area contributed by atoms with Gasteiger partial charge in [-0.05, 0) is 43.8 Å². The lowest BCUT2D eigenvalue weighted by molar-refractivity contribution is -0.148. The number of alkyl halides is 3. The van der Waals surface area contributed by atoms with E-state index in [4.69, 9.17) is 0 Å². The first-order valence-electron chi connectivity index (χ1n) is 10.6. The van der Waals surface area contributed by atoms with Gasteiger partial charge in [-0.3, -0.25) is 9.89 Å². The van der Waals surface area contributed by atoms with Gasteiger partial charge in [0, 0.05) is 20.6 Å². The number of imidazole rings is 1. The lowest BCUT2D eigenvalue weighted by Gasteiger charge is -2.32. The van der Waals surface area contributed by atoms with E-state index in [0.29, 0.717) is 25.6 Å². The number of likely N-dealkylation sites (tertiary alicyclic amines) is 1. The molecule has 0 bridgehead atoms. The van der Waals surface area contributed by atoms with Crippen molar-refractivity contribution < 1.29 is 13.2 Å². The number of hydrogen-bond acceptors (Lipinski definition) is 3. The average molecular weight is 564 g/mol. The van der Waals surface area contributed by atoms with Gasteiger partial charge in [0.05, 0.1) is 25.0 Å². The molecule has 1 saturated heterocycles. The highest BCUT2D eigenvalue weighted by atomic mass is 127. The second-order valence-electron chi connectivity index (χ2n) is 8.06. The molecular weight excluding hydrogens is 532 g/mol. The van der Waals surface area contributed by atoms with Crippen LogP contribution in [0.25, 0.3) is 11.3 Å². The van der Waals surface area contributed by atoms with Crippen LogP contribution in [0.1, 0.15) is 25.1 Å². The SMILES string of the molecule is CN=C(NCCC1CCN(CC(F)(F)F)CC1)N(C)Cc1ncc(-c2ccccc2)[nH]1.I. The van der Waals surface area contributed by atoms with Gasteiger partial charge >= 0.3 is 6.18 Å². The first-order chi connectivity index (χ1) is 14.8. The second-order valence-corrected chi connectivity index (χ2v) is 8.06. The molecule has 1 aromatic carbocycles. The summed E-state index contributed by atoms with van der Waals surface area (Å²) in [5.74, 6) is 2.06. The maximum absolute atomic E-state index is 12.5. The maximum atomic E-state index is 12.5. The Morgan fingerprint density at radius 1 is 1.25 bits per heavy atom. The first-order valence-corrected chi connectivity index (χ1v) is 10.6. The molecule has 0 radical (unpaired) electrons. The molecule has 178 valence electrons. The summed E-state index contributed by atoms with van der Waals surface area (Å²) < 4.78 is 37.5. The van der Waals surface area contributed by atoms with E-state index < -0.39 is 12.7 Å². The van der Waals surface area contributed by atoms with Crippen molar-refractivity contribution >= 4 is 29.9 Å². The molecule has 2 heterocycles. The number of aromatic nitrogens is 2. The van der Waals surface area contributed by atoms with E-state index in [9.17, 15) is 13.2 Å². The van der Waals surface area contributed by atoms with Gasteiger partial charge in [-0.15, -0.1) is 24.0 Å². The Bertz CT molecular complexity index is 832. The average Bonchev–Trinajstić information content (AvgIpc) is 3.20. The van der Waals surface area contributed by atoms with E-state index in [1.54, 1.807) is 7.05 Å². The molecular formula is C22H32F3IN6. The minimum Gasteiger partial charge on any atom is -0.356 e. The van der Waals surface area contributed by atoms with E-state index >= 15 is 0 Å². The van der Waals surface area contributed by atoms with Crippen molar-refractivity contribution in [3.63, 3.8) is 0 Å². The summed E-state index contributed by atoms with van der Waals surface area (Å²) in [4.78, 5) is 15.7. The zero-order chi connectivity index (χ0) is 22.3. The third kappa shape index (κ3) is 8.27. The van der Waals surface area contributed by atoms with Crippen molar-refractivity contribution in [3.8, 4) is 11.3 Å². The summed E-state index contributed by atoms with van der Waals surface area (Å²) in [5.41, 5.74) is 2.07. The molecule has 1 fully saturated rings. The number of nitrogens with one attached hydrogen (secondary N) is 2. The molecule has 1 aliphatic rings. The number of aliphatic imine (C=N–C) groups is 1. The zero-order valence-electron chi connectivity index (χ0n) is 18.5. The standard InChI is InChI=1S/C22H31F3N6.HI/c1-26-21(27-11-8-17-9-12-31(13-10-17)16-22(23,24)25)30(2)15-20-28-14-19(29-20)18-6-4-3-5-7-18;/h3-7,14,17H,8-13,15-16H2,1-2H3,(H,26,27)(H,28,29);1H. The number of benzene rings is 1. The van der Waals surface area contributed by atoms with Gasteiger partial charge in [0.25, 0.3) is 0 Å². The van der Waals surface area contributed by atoms with Crippen molar-refractivity contribution in [2.45, 2.75) is 32.0 Å². The second kappa shape index (κ2) is 12.4. The number of H-pyrrole nitrogens is 1. The van der Waals surface area contributed by atoms with Crippen molar-refractivity contribution in [2.75, 3.05) is 40.3 Å². The first kappa shape index (κ1) is 26.4. The summed E-state index contributed by atoms with van der Waals surface area (Å²) in [6.07, 6.45) is 0.258. The van der Waals surface area contributed by atoms with E-state index in [1.807, 2.05) is 48.5 Å². The quantitative estimate of drug-likeness (QED) is 0.298. The molecule has 1 aliphatic heterocycles. The van der Waals surface area contributed by atoms with Crippen molar-refractivity contribution in [1.82, 2.24) is 25.1 Å². The Kier molecular flexibility index (Phi) is 10.3. The molecule has 3 rings (SSSR count). The maximum Gasteiger partial charge on any atom is 0.401 e. The van der Waals surface area contributed by atoms with Crippen LogP contribution in [0.3, 0.4) is 0 Å². The minimum absolute atomic E-state index is 0. The number of rotatable bonds is 7. The molecule has 0 saturated carbocycles. The normalized spacial score (nSPS) is 16.0. The molecule has 1 aromatic heterocycles. The fourth-order valence-corrected chi connectivity index (χ4v) is 3.97. The van der Waals surface area contributed by atoms with Gasteiger partial charge in [0.15, 0.2) is 5.96 Å². The summed E-state index contributed by atoms with van der Waals surface area (Å²) in [6.45, 7) is 1.56. The molecule has 0 amide bonds. The molecule has 2 aromatic rings. The van der Waals surface area contributed by atoms with Crippen molar-refractivity contribution in [3.05, 3.63) is 42.4 Å². The van der Waals surface area contributed by atoms with Crippen molar-refractivity contribution in [1.29, 1.82) is 0 Å². The lowest BCUT2D eigenvalue weighted by atomic mass is 9.93. The van der Waals surface area contributed by atoms with Gasteiger partial charge < -0.3 is 15.2 Å². The van der Waals surface area contributed by atoms with Crippen LogP contribution >= 0.6 is 24.0 Å². The number of piperidine rings is 1. The van der Waals surface area contributed by atoms with Crippen LogP contribution in [0, 0.1) is 5.92 Å². The molecule has 10 heteroatoms. The van der Waals surface area contributed by atoms with E-state index in [-0.39, 0.29) is 24.0 Å². The van der Waals surface area contributed by atoms with Gasteiger partial charge in [0.2, 0.25) is 0 Å². The van der Waals surface area contributed by atoms with Gasteiger partial charge in [0.1, 0.15) is 5.82 Å². The van der Waals surface area contributed by atoms with Crippen LogP contribution in [-0.2, 0) is 6.54 Å². The predicted octanol–water partition coefficient (Wildman–Crippen LogP) is 4.37. The minimum atomic E-state index is -4.11. The van der Waals surface area contributed by atoms with Crippen LogP contribution in [0.2, 0.25) is 0 Å². The third-order valence-electron chi connectivity index (χ3n) is 5.62. The topological polar surface area (TPSA) is 59.6 Å². The summed E-state index contributed by atoms with van der Waals surface area (Å²) in [6, 6.07) is 10.0. The highest BCUT2D eigenvalue weighted by Crippen LogP contribution is 2.24. The van der Waals surface area contributed by atoms with Crippen LogP contribution in [0.5, 0.6) is 0 Å². The van der Waals surface area contributed by atoms with Crippen molar-refractivity contribution in [2.24, 2.45) is 10.9 Å². The number of hydrogen-bond donors (Lipinski definition) is 2. The van der Waals surface area contributed by atoms with Crippen LogP contribution in [0.4, 0.5) is 13.2 Å². The zero-order valence-corrected chi connectivity index (χ0v) is 20.9. The molecule has 0 unspecified atom stereocenters. The molecule has 6 nitrogen and oxygen atoms in total. The Labute approximate surface area is 204 Å². The largest absolute Gasteiger partial charge is 0.401 e. The van der Waals surface area contributed by atoms with Crippen LogP contribution in [-0.4, -0.2) is 72.2 Å². The number of guanidine groups is 1. The number of halogens is 4. The third-order valence-corrected chi connectivity index (χ3v) is 5.62. The Morgan fingerprint density at radius 3 is 2.56 bits per heavy atom. The van der Waals surface area contributed by atoms with Crippen LogP contribution < -0.4 is 5.32 Å². The number of aromatic amines is 1. The van der Waals surface area contributed by atoms with Gasteiger partial charge in [-0.1, -0.05) is 30.3 Å². The van der Waals surface area contributed by atoms with E-state index in [1.165, 1.54) is 4.90 Å². The van der Waals surface area contributed by atoms with Gasteiger partial charge in [-0.25, -0.2) is 4.98 Å². The fraction of sp³-hybridized carbons (Fsp3) is 0.545. The lowest BCUT2D eigenvalue weighted by Crippen LogP contribution is -2.42. The Morgan fingerprint density at radius 2 is 1.94 bits per heavy atom. The molecule has 0 spiro atoms. The monoisotopic (exact) mass is 564 g/mol. The summed E-state index contributed by atoms with van der Waals surface area (Å²) in [7, 11) is 3.70. The summed E-state index contributed by atoms with van der Waals surface area (Å²) >= 11 is 0. The van der Waals surface area contributed by atoms with E-state index in [2.05, 4.69) is 20.3 Å². The van der Waals surface area contributed by atoms with Crippen LogP contribution in [0.15, 0.2) is 41.5 Å². The highest BCUT2D eigenvalue weighted by Gasteiger charge is 2.32. The predicted molar refractivity (Wildman–Crippen MR) is 132 cm³/mol. The molecule has 2 N–H and O–H groups in total. The number of nitrogens with zero attached hydrogens (tertiary/aromatic N) is 4. The Hall–Kier alpha value is -1.82. The molecule has 0 atom stereocenters. The highest BCUT2D eigenvalue weighted by molar-refractivity contribution is 14.0. The summed E-state index contributed by atoms with van der Waals surface area (Å²) in [5, 5.41) is 3.37.